The number of benzene rings is 1. The molecule has 1 heterocycles. The third-order valence-corrected chi connectivity index (χ3v) is 5.20. The third-order valence-electron chi connectivity index (χ3n) is 2.43. The monoisotopic (exact) mass is 425 g/mol. The van der Waals surface area contributed by atoms with Crippen molar-refractivity contribution in [2.24, 2.45) is 7.05 Å². The van der Waals surface area contributed by atoms with Crippen molar-refractivity contribution in [2.45, 2.75) is 4.90 Å². The number of amides is 1. The van der Waals surface area contributed by atoms with Crippen LogP contribution in [0.15, 0.2) is 17.0 Å². The summed E-state index contributed by atoms with van der Waals surface area (Å²) in [5.74, 6) is -0.264. The van der Waals surface area contributed by atoms with Crippen LogP contribution in [0.3, 0.4) is 0 Å². The van der Waals surface area contributed by atoms with E-state index < -0.39 is 17.1 Å². The molecule has 20 heavy (non-hydrogen) atoms. The first-order valence-electron chi connectivity index (χ1n) is 5.27. The Bertz CT molecular complexity index is 663. The lowest BCUT2D eigenvalue weighted by Gasteiger charge is -2.11. The molecular formula is C10H9ClIN5O2S. The van der Waals surface area contributed by atoms with Crippen LogP contribution < -0.4 is 5.32 Å². The maximum absolute atomic E-state index is 12.2. The van der Waals surface area contributed by atoms with Gasteiger partial charge in [-0.2, -0.15) is 0 Å². The molecule has 1 amide bonds. The summed E-state index contributed by atoms with van der Waals surface area (Å²) in [7, 11) is 1.59. The average Bonchev–Trinajstić information content (AvgIpc) is 2.74. The van der Waals surface area contributed by atoms with Gasteiger partial charge >= 0.3 is 0 Å². The summed E-state index contributed by atoms with van der Waals surface area (Å²) in [6, 6.07) is 3.26. The first-order chi connectivity index (χ1) is 9.41. The fourth-order valence-electron chi connectivity index (χ4n) is 1.48. The second kappa shape index (κ2) is 6.24. The Morgan fingerprint density at radius 3 is 2.80 bits per heavy atom. The summed E-state index contributed by atoms with van der Waals surface area (Å²) in [5.41, 5.74) is 0.222. The van der Waals surface area contributed by atoms with Crippen molar-refractivity contribution in [3.05, 3.63) is 26.3 Å². The van der Waals surface area contributed by atoms with E-state index in [1.165, 1.54) is 10.9 Å². The number of anilines is 1. The Labute approximate surface area is 136 Å². The second-order valence-corrected chi connectivity index (χ2v) is 6.63. The Hall–Kier alpha value is -0.910. The second-order valence-electron chi connectivity index (χ2n) is 3.77. The van der Waals surface area contributed by atoms with Crippen LogP contribution in [-0.2, 0) is 18.2 Å². The lowest BCUT2D eigenvalue weighted by atomic mass is 10.2. The molecule has 1 N–H and O–H groups in total. The highest BCUT2D eigenvalue weighted by Crippen LogP contribution is 2.30. The quantitative estimate of drug-likeness (QED) is 0.593. The molecule has 106 valence electrons. The van der Waals surface area contributed by atoms with Crippen molar-refractivity contribution in [3.8, 4) is 0 Å². The SMILES string of the molecule is Cn1nnnc1NC(=O)c1ccc(I)c([S+](C)[O-])c1Cl. The Morgan fingerprint density at radius 2 is 2.25 bits per heavy atom. The normalized spacial score (nSPS) is 12.2. The maximum Gasteiger partial charge on any atom is 0.259 e. The van der Waals surface area contributed by atoms with Crippen LogP contribution in [0.5, 0.6) is 0 Å². The summed E-state index contributed by atoms with van der Waals surface area (Å²) < 4.78 is 13.7. The van der Waals surface area contributed by atoms with Gasteiger partial charge in [0.05, 0.1) is 9.13 Å². The Balaban J connectivity index is 2.36. The third kappa shape index (κ3) is 3.05. The van der Waals surface area contributed by atoms with Crippen LogP contribution in [0.2, 0.25) is 5.02 Å². The number of aryl methyl sites for hydroxylation is 1. The summed E-state index contributed by atoms with van der Waals surface area (Å²) in [5, 5.41) is 13.4. The van der Waals surface area contributed by atoms with E-state index in [1.807, 2.05) is 22.6 Å². The number of carbonyl (C=O) groups is 1. The van der Waals surface area contributed by atoms with E-state index in [4.69, 9.17) is 11.6 Å². The first kappa shape index (κ1) is 15.5. The molecule has 0 spiro atoms. The smallest absolute Gasteiger partial charge is 0.259 e. The van der Waals surface area contributed by atoms with Crippen LogP contribution in [0, 0.1) is 3.57 Å². The summed E-state index contributed by atoms with van der Waals surface area (Å²) in [6.07, 6.45) is 1.51. The molecule has 0 aliphatic rings. The zero-order chi connectivity index (χ0) is 14.9. The minimum Gasteiger partial charge on any atom is -0.612 e. The predicted octanol–water partition coefficient (Wildman–Crippen LogP) is 1.46. The Morgan fingerprint density at radius 1 is 1.55 bits per heavy atom. The molecule has 1 aromatic carbocycles. The van der Waals surface area contributed by atoms with Gasteiger partial charge in [0.15, 0.2) is 4.90 Å². The summed E-state index contributed by atoms with van der Waals surface area (Å²) in [4.78, 5) is 12.6. The molecule has 0 bridgehead atoms. The summed E-state index contributed by atoms with van der Waals surface area (Å²) >= 11 is 6.90. The minimum absolute atomic E-state index is 0.172. The lowest BCUT2D eigenvalue weighted by molar-refractivity contribution is 0.102. The standard InChI is InChI=1S/C10H9ClIN5O2S/c1-17-10(14-15-16-17)13-9(18)5-3-4-6(12)8(7(5)11)20(2)19/h3-4H,1-2H3,(H,13,14,16,18). The highest BCUT2D eigenvalue weighted by Gasteiger charge is 2.23. The fourth-order valence-corrected chi connectivity index (χ4v) is 4.30. The van der Waals surface area contributed by atoms with Crippen LogP contribution in [0.4, 0.5) is 5.95 Å². The molecule has 0 saturated heterocycles. The molecule has 1 unspecified atom stereocenters. The van der Waals surface area contributed by atoms with E-state index in [9.17, 15) is 9.35 Å². The van der Waals surface area contributed by atoms with Crippen molar-refractivity contribution in [2.75, 3.05) is 11.6 Å². The van der Waals surface area contributed by atoms with Crippen LogP contribution in [0.1, 0.15) is 10.4 Å². The molecule has 0 radical (unpaired) electrons. The molecule has 7 nitrogen and oxygen atoms in total. The topological polar surface area (TPSA) is 95.8 Å². The number of tetrazole rings is 1. The van der Waals surface area contributed by atoms with Gasteiger partial charge in [-0.15, -0.1) is 0 Å². The molecule has 1 aromatic heterocycles. The first-order valence-corrected chi connectivity index (χ1v) is 8.28. The van der Waals surface area contributed by atoms with Crippen LogP contribution >= 0.6 is 34.2 Å². The van der Waals surface area contributed by atoms with Crippen LogP contribution in [-0.4, -0.2) is 36.9 Å². The number of rotatable bonds is 3. The van der Waals surface area contributed by atoms with Crippen LogP contribution in [0.25, 0.3) is 0 Å². The molecule has 10 heteroatoms. The molecule has 2 rings (SSSR count). The highest BCUT2D eigenvalue weighted by molar-refractivity contribution is 14.1. The molecule has 2 aromatic rings. The average molecular weight is 426 g/mol. The van der Waals surface area contributed by atoms with E-state index >= 15 is 0 Å². The zero-order valence-corrected chi connectivity index (χ0v) is 14.2. The molecule has 0 saturated carbocycles. The van der Waals surface area contributed by atoms with E-state index in [0.29, 0.717) is 4.90 Å². The van der Waals surface area contributed by atoms with Crippen molar-refractivity contribution in [3.63, 3.8) is 0 Å². The number of nitrogens with one attached hydrogen (secondary N) is 1. The molecule has 0 aliphatic carbocycles. The van der Waals surface area contributed by atoms with Gasteiger partial charge in [-0.05, 0) is 56.3 Å². The number of hydrogen-bond acceptors (Lipinski definition) is 5. The largest absolute Gasteiger partial charge is 0.612 e. The van der Waals surface area contributed by atoms with Gasteiger partial charge in [0, 0.05) is 7.05 Å². The predicted molar refractivity (Wildman–Crippen MR) is 83.3 cm³/mol. The zero-order valence-electron chi connectivity index (χ0n) is 10.4. The van der Waals surface area contributed by atoms with Gasteiger partial charge in [-0.3, -0.25) is 10.1 Å². The Kier molecular flexibility index (Phi) is 4.83. The molecule has 0 fully saturated rings. The highest BCUT2D eigenvalue weighted by atomic mass is 127. The van der Waals surface area contributed by atoms with E-state index in [-0.39, 0.29) is 16.5 Å². The van der Waals surface area contributed by atoms with E-state index in [0.717, 1.165) is 3.57 Å². The van der Waals surface area contributed by atoms with Gasteiger partial charge in [-0.25, -0.2) is 4.68 Å². The van der Waals surface area contributed by atoms with Gasteiger partial charge in [0.25, 0.3) is 5.91 Å². The van der Waals surface area contributed by atoms with Crippen molar-refractivity contribution in [1.29, 1.82) is 0 Å². The number of nitrogens with zero attached hydrogens (tertiary/aromatic N) is 4. The van der Waals surface area contributed by atoms with Crippen molar-refractivity contribution in [1.82, 2.24) is 20.2 Å². The summed E-state index contributed by atoms with van der Waals surface area (Å²) in [6.45, 7) is 0. The number of carbonyl (C=O) groups excluding carboxylic acids is 1. The maximum atomic E-state index is 12.2. The molecule has 0 aliphatic heterocycles. The van der Waals surface area contributed by atoms with E-state index in [2.05, 4.69) is 20.8 Å². The van der Waals surface area contributed by atoms with E-state index in [1.54, 1.807) is 19.2 Å². The number of halogens is 2. The van der Waals surface area contributed by atoms with Gasteiger partial charge in [0.2, 0.25) is 5.95 Å². The van der Waals surface area contributed by atoms with Gasteiger partial charge < -0.3 is 4.55 Å². The molecule has 1 atom stereocenters. The number of aromatic nitrogens is 4. The minimum atomic E-state index is -1.29. The lowest BCUT2D eigenvalue weighted by Crippen LogP contribution is -2.17. The number of hydrogen-bond donors (Lipinski definition) is 1. The molecular weight excluding hydrogens is 417 g/mol. The van der Waals surface area contributed by atoms with Gasteiger partial charge in [0.1, 0.15) is 11.3 Å². The fraction of sp³-hybridized carbons (Fsp3) is 0.200. The van der Waals surface area contributed by atoms with Gasteiger partial charge in [-0.1, -0.05) is 16.7 Å². The van der Waals surface area contributed by atoms with Crippen molar-refractivity contribution < 1.29 is 9.35 Å². The van der Waals surface area contributed by atoms with Crippen molar-refractivity contribution >= 4 is 57.2 Å².